The second kappa shape index (κ2) is 8.11. The summed E-state index contributed by atoms with van der Waals surface area (Å²) in [6, 6.07) is 8.44. The fourth-order valence-electron chi connectivity index (χ4n) is 2.52. The maximum atomic E-state index is 12.1. The Morgan fingerprint density at radius 2 is 1.75 bits per heavy atom. The Bertz CT molecular complexity index is 657. The van der Waals surface area contributed by atoms with E-state index >= 15 is 0 Å². The van der Waals surface area contributed by atoms with Crippen LogP contribution in [0.25, 0.3) is 6.08 Å². The van der Waals surface area contributed by atoms with Crippen molar-refractivity contribution in [1.82, 2.24) is 4.90 Å². The molecular weight excluding hydrogens is 404 g/mol. The van der Waals surface area contributed by atoms with Gasteiger partial charge in [0.15, 0.2) is 5.17 Å². The number of nitrogens with zero attached hydrogens (tertiary/aromatic N) is 2. The summed E-state index contributed by atoms with van der Waals surface area (Å²) in [5.41, 5.74) is 2.50. The third-order valence-corrected chi connectivity index (χ3v) is 5.95. The molecule has 0 radical (unpaired) electrons. The minimum atomic E-state index is -0.108. The largest absolute Gasteiger partial charge is 0.349 e. The predicted octanol–water partition coefficient (Wildman–Crippen LogP) is 4.58. The SMILES string of the molecule is Br.CC(C)(C)c1ccc(/C=C2\SC(N3CCSCC3)=NC2=O)cc1. The molecule has 1 fully saturated rings. The lowest BCUT2D eigenvalue weighted by atomic mass is 9.87. The van der Waals surface area contributed by atoms with Crippen LogP contribution in [0.1, 0.15) is 31.9 Å². The second-order valence-electron chi connectivity index (χ2n) is 6.78. The monoisotopic (exact) mass is 426 g/mol. The standard InChI is InChI=1S/C18H22N2OS2.BrH/c1-18(2,3)14-6-4-13(5-7-14)12-15-16(21)19-17(23-15)20-8-10-22-11-9-20;/h4-7,12H,8-11H2,1-3H3;1H/b15-12-;. The van der Waals surface area contributed by atoms with E-state index in [2.05, 4.69) is 54.9 Å². The molecule has 0 N–H and O–H groups in total. The molecule has 1 aromatic rings. The molecule has 6 heteroatoms. The Morgan fingerprint density at radius 1 is 1.12 bits per heavy atom. The van der Waals surface area contributed by atoms with E-state index in [0.717, 1.165) is 40.2 Å². The average Bonchev–Trinajstić information content (AvgIpc) is 2.89. The number of carbonyl (C=O) groups excluding carboxylic acids is 1. The Hall–Kier alpha value is -0.720. The summed E-state index contributed by atoms with van der Waals surface area (Å²) < 4.78 is 0. The topological polar surface area (TPSA) is 32.7 Å². The Morgan fingerprint density at radius 3 is 2.33 bits per heavy atom. The van der Waals surface area contributed by atoms with Gasteiger partial charge in [-0.15, -0.1) is 17.0 Å². The van der Waals surface area contributed by atoms with Crippen molar-refractivity contribution in [3.8, 4) is 0 Å². The van der Waals surface area contributed by atoms with Gasteiger partial charge in [0.25, 0.3) is 5.91 Å². The van der Waals surface area contributed by atoms with E-state index in [1.165, 1.54) is 17.3 Å². The molecular formula is C18H23BrN2OS2. The van der Waals surface area contributed by atoms with Crippen molar-refractivity contribution >= 4 is 57.7 Å². The fourth-order valence-corrected chi connectivity index (χ4v) is 4.39. The van der Waals surface area contributed by atoms with Crippen molar-refractivity contribution in [2.24, 2.45) is 4.99 Å². The molecule has 2 aliphatic heterocycles. The molecule has 0 bridgehead atoms. The third kappa shape index (κ3) is 4.67. The molecule has 0 aromatic heterocycles. The van der Waals surface area contributed by atoms with E-state index in [9.17, 15) is 4.79 Å². The Kier molecular flexibility index (Phi) is 6.62. The van der Waals surface area contributed by atoms with Gasteiger partial charge in [0, 0.05) is 24.6 Å². The van der Waals surface area contributed by atoms with E-state index in [1.54, 1.807) is 0 Å². The highest BCUT2D eigenvalue weighted by Crippen LogP contribution is 2.31. The molecule has 3 nitrogen and oxygen atoms in total. The van der Waals surface area contributed by atoms with Crippen LogP contribution in [0.2, 0.25) is 0 Å². The third-order valence-electron chi connectivity index (χ3n) is 3.97. The summed E-state index contributed by atoms with van der Waals surface area (Å²) in [6.07, 6.45) is 1.95. The normalized spacial score (nSPS) is 20.1. The number of hydrogen-bond acceptors (Lipinski definition) is 4. The summed E-state index contributed by atoms with van der Waals surface area (Å²) in [5.74, 6) is 2.12. The predicted molar refractivity (Wildman–Crippen MR) is 112 cm³/mol. The van der Waals surface area contributed by atoms with Crippen molar-refractivity contribution in [2.75, 3.05) is 24.6 Å². The summed E-state index contributed by atoms with van der Waals surface area (Å²) in [7, 11) is 0. The van der Waals surface area contributed by atoms with E-state index in [-0.39, 0.29) is 28.3 Å². The molecule has 0 spiro atoms. The summed E-state index contributed by atoms with van der Waals surface area (Å²) in [6.45, 7) is 8.57. The zero-order valence-electron chi connectivity index (χ0n) is 14.2. The van der Waals surface area contributed by atoms with E-state index in [1.807, 2.05) is 17.8 Å². The molecule has 3 rings (SSSR count). The first kappa shape index (κ1) is 19.6. The first-order valence-electron chi connectivity index (χ1n) is 7.89. The molecule has 0 aliphatic carbocycles. The molecule has 2 aliphatic rings. The van der Waals surface area contributed by atoms with Gasteiger partial charge in [-0.1, -0.05) is 45.0 Å². The number of thioether (sulfide) groups is 2. The molecule has 1 amide bonds. The second-order valence-corrected chi connectivity index (χ2v) is 9.02. The van der Waals surface area contributed by atoms with Gasteiger partial charge < -0.3 is 4.90 Å². The minimum absolute atomic E-state index is 0. The van der Waals surface area contributed by atoms with Crippen LogP contribution in [0.15, 0.2) is 34.2 Å². The highest BCUT2D eigenvalue weighted by Gasteiger charge is 2.27. The number of rotatable bonds is 1. The molecule has 0 unspecified atom stereocenters. The zero-order chi connectivity index (χ0) is 16.4. The van der Waals surface area contributed by atoms with Crippen LogP contribution < -0.4 is 0 Å². The molecule has 1 aromatic carbocycles. The van der Waals surface area contributed by atoms with Crippen molar-refractivity contribution in [3.05, 3.63) is 40.3 Å². The van der Waals surface area contributed by atoms with Crippen LogP contribution in [0.5, 0.6) is 0 Å². The van der Waals surface area contributed by atoms with Crippen molar-refractivity contribution < 1.29 is 4.79 Å². The molecule has 0 saturated carbocycles. The zero-order valence-corrected chi connectivity index (χ0v) is 17.6. The van der Waals surface area contributed by atoms with Gasteiger partial charge in [-0.3, -0.25) is 4.79 Å². The number of amidine groups is 1. The van der Waals surface area contributed by atoms with Gasteiger partial charge in [-0.2, -0.15) is 16.8 Å². The summed E-state index contributed by atoms with van der Waals surface area (Å²) >= 11 is 3.47. The van der Waals surface area contributed by atoms with E-state index in [4.69, 9.17) is 0 Å². The molecule has 24 heavy (non-hydrogen) atoms. The van der Waals surface area contributed by atoms with Crippen LogP contribution in [0.3, 0.4) is 0 Å². The first-order valence-corrected chi connectivity index (χ1v) is 9.86. The van der Waals surface area contributed by atoms with E-state index < -0.39 is 0 Å². The van der Waals surface area contributed by atoms with Gasteiger partial charge in [-0.05, 0) is 34.4 Å². The number of aliphatic imine (C=N–C) groups is 1. The lowest BCUT2D eigenvalue weighted by Crippen LogP contribution is -2.35. The highest BCUT2D eigenvalue weighted by molar-refractivity contribution is 8.93. The lowest BCUT2D eigenvalue weighted by Gasteiger charge is -2.26. The van der Waals surface area contributed by atoms with Crippen molar-refractivity contribution in [2.45, 2.75) is 26.2 Å². The van der Waals surface area contributed by atoms with Crippen molar-refractivity contribution in [3.63, 3.8) is 0 Å². The van der Waals surface area contributed by atoms with Gasteiger partial charge in [-0.25, -0.2) is 0 Å². The maximum absolute atomic E-state index is 12.1. The summed E-state index contributed by atoms with van der Waals surface area (Å²) in [4.78, 5) is 19.3. The van der Waals surface area contributed by atoms with Crippen LogP contribution in [-0.4, -0.2) is 40.6 Å². The van der Waals surface area contributed by atoms with Crippen LogP contribution in [0, 0.1) is 0 Å². The Balaban J connectivity index is 0.00000208. The summed E-state index contributed by atoms with van der Waals surface area (Å²) in [5, 5.41) is 0.868. The van der Waals surface area contributed by atoms with Gasteiger partial charge in [0.2, 0.25) is 0 Å². The maximum Gasteiger partial charge on any atom is 0.286 e. The van der Waals surface area contributed by atoms with Crippen LogP contribution >= 0.6 is 40.5 Å². The fraction of sp³-hybridized carbons (Fsp3) is 0.444. The molecule has 130 valence electrons. The first-order chi connectivity index (χ1) is 10.9. The molecule has 0 atom stereocenters. The highest BCUT2D eigenvalue weighted by atomic mass is 79.9. The van der Waals surface area contributed by atoms with Gasteiger partial charge in [0.1, 0.15) is 0 Å². The van der Waals surface area contributed by atoms with Gasteiger partial charge in [0.05, 0.1) is 4.91 Å². The lowest BCUT2D eigenvalue weighted by molar-refractivity contribution is -0.113. The molecule has 2 heterocycles. The number of amides is 1. The quantitative estimate of drug-likeness (QED) is 0.615. The molecule has 1 saturated heterocycles. The number of benzene rings is 1. The smallest absolute Gasteiger partial charge is 0.286 e. The average molecular weight is 427 g/mol. The van der Waals surface area contributed by atoms with Crippen molar-refractivity contribution in [1.29, 1.82) is 0 Å². The minimum Gasteiger partial charge on any atom is -0.349 e. The Labute approximate surface area is 163 Å². The number of carbonyl (C=O) groups is 1. The van der Waals surface area contributed by atoms with Crippen LogP contribution in [0.4, 0.5) is 0 Å². The number of hydrogen-bond donors (Lipinski definition) is 0. The number of halogens is 1. The van der Waals surface area contributed by atoms with Crippen LogP contribution in [-0.2, 0) is 10.2 Å². The van der Waals surface area contributed by atoms with Gasteiger partial charge >= 0.3 is 0 Å². The van der Waals surface area contributed by atoms with E-state index in [0.29, 0.717) is 0 Å².